The van der Waals surface area contributed by atoms with E-state index in [9.17, 15) is 4.79 Å². The number of rotatable bonds is 6. The molecule has 0 spiro atoms. The Hall–Kier alpha value is -0.570. The molecule has 3 unspecified atom stereocenters. The second-order valence-electron chi connectivity index (χ2n) is 5.55. The molecule has 100 valence electrons. The number of unbranched alkanes of at least 4 members (excludes halogenated alkanes) is 1. The molecule has 1 saturated heterocycles. The smallest absolute Gasteiger partial charge is 0.241 e. The first-order chi connectivity index (χ1) is 8.02. The Morgan fingerprint density at radius 2 is 1.94 bits per heavy atom. The average molecular weight is 240 g/mol. The Bertz CT molecular complexity index is 253. The maximum Gasteiger partial charge on any atom is 0.241 e. The van der Waals surface area contributed by atoms with Crippen LogP contribution in [-0.2, 0) is 4.79 Å². The third-order valence-electron chi connectivity index (χ3n) is 3.73. The largest absolute Gasteiger partial charge is 0.323 e. The molecule has 0 aromatic rings. The molecule has 1 rings (SSSR count). The fourth-order valence-electron chi connectivity index (χ4n) is 2.63. The molecule has 1 fully saturated rings. The van der Waals surface area contributed by atoms with Gasteiger partial charge in [0.2, 0.25) is 5.91 Å². The van der Waals surface area contributed by atoms with Crippen LogP contribution >= 0.6 is 0 Å². The molecule has 1 N–H and O–H groups in total. The van der Waals surface area contributed by atoms with Crippen molar-refractivity contribution in [1.82, 2.24) is 10.2 Å². The number of hydrogen-bond acceptors (Lipinski definition) is 2. The number of carbonyl (C=O) groups is 1. The van der Waals surface area contributed by atoms with E-state index in [-0.39, 0.29) is 12.2 Å². The van der Waals surface area contributed by atoms with Crippen molar-refractivity contribution in [2.75, 3.05) is 0 Å². The number of carbonyl (C=O) groups excluding carboxylic acids is 1. The third-order valence-corrected chi connectivity index (χ3v) is 3.73. The van der Waals surface area contributed by atoms with Crippen LogP contribution in [0.1, 0.15) is 60.3 Å². The molecular weight excluding hydrogens is 212 g/mol. The summed E-state index contributed by atoms with van der Waals surface area (Å²) >= 11 is 0. The first kappa shape index (κ1) is 14.5. The quantitative estimate of drug-likeness (QED) is 0.774. The van der Waals surface area contributed by atoms with E-state index in [1.165, 1.54) is 12.8 Å². The van der Waals surface area contributed by atoms with Crippen molar-refractivity contribution in [2.45, 2.75) is 78.6 Å². The normalized spacial score (nSPS) is 26.9. The second kappa shape index (κ2) is 6.39. The summed E-state index contributed by atoms with van der Waals surface area (Å²) in [5, 5.41) is 3.47. The second-order valence-corrected chi connectivity index (χ2v) is 5.55. The Morgan fingerprint density at radius 3 is 2.41 bits per heavy atom. The lowest BCUT2D eigenvalue weighted by molar-refractivity contribution is -0.132. The van der Waals surface area contributed by atoms with Gasteiger partial charge < -0.3 is 4.90 Å². The van der Waals surface area contributed by atoms with Crippen molar-refractivity contribution in [3.63, 3.8) is 0 Å². The Kier molecular flexibility index (Phi) is 5.44. The minimum absolute atomic E-state index is 0.0176. The van der Waals surface area contributed by atoms with E-state index >= 15 is 0 Å². The van der Waals surface area contributed by atoms with Gasteiger partial charge in [-0.05, 0) is 25.7 Å². The topological polar surface area (TPSA) is 32.3 Å². The van der Waals surface area contributed by atoms with Crippen LogP contribution in [0.25, 0.3) is 0 Å². The van der Waals surface area contributed by atoms with Crippen molar-refractivity contribution < 1.29 is 4.79 Å². The van der Waals surface area contributed by atoms with Gasteiger partial charge in [-0.25, -0.2) is 0 Å². The van der Waals surface area contributed by atoms with Crippen LogP contribution in [0.2, 0.25) is 0 Å². The highest BCUT2D eigenvalue weighted by molar-refractivity contribution is 5.84. The van der Waals surface area contributed by atoms with Gasteiger partial charge in [0.25, 0.3) is 0 Å². The maximum absolute atomic E-state index is 12.4. The molecule has 1 amide bonds. The summed E-state index contributed by atoms with van der Waals surface area (Å²) in [6.45, 7) is 10.8. The third kappa shape index (κ3) is 3.21. The van der Waals surface area contributed by atoms with Crippen LogP contribution in [0.5, 0.6) is 0 Å². The van der Waals surface area contributed by atoms with Crippen molar-refractivity contribution in [3.8, 4) is 0 Å². The number of hydrogen-bond donors (Lipinski definition) is 1. The van der Waals surface area contributed by atoms with Crippen LogP contribution in [0, 0.1) is 5.92 Å². The summed E-state index contributed by atoms with van der Waals surface area (Å²) in [5.41, 5.74) is 0. The van der Waals surface area contributed by atoms with Crippen LogP contribution < -0.4 is 5.32 Å². The zero-order valence-electron chi connectivity index (χ0n) is 12.0. The summed E-state index contributed by atoms with van der Waals surface area (Å²) in [7, 11) is 0. The van der Waals surface area contributed by atoms with E-state index in [0.717, 1.165) is 12.8 Å². The van der Waals surface area contributed by atoms with Crippen molar-refractivity contribution in [3.05, 3.63) is 0 Å². The van der Waals surface area contributed by atoms with Crippen LogP contribution in [0.3, 0.4) is 0 Å². The van der Waals surface area contributed by atoms with Crippen LogP contribution in [-0.4, -0.2) is 29.1 Å². The zero-order valence-corrected chi connectivity index (χ0v) is 12.0. The summed E-state index contributed by atoms with van der Waals surface area (Å²) < 4.78 is 0. The predicted molar refractivity (Wildman–Crippen MR) is 71.7 cm³/mol. The Labute approximate surface area is 106 Å². The van der Waals surface area contributed by atoms with Gasteiger partial charge in [-0.3, -0.25) is 10.1 Å². The van der Waals surface area contributed by atoms with E-state index < -0.39 is 0 Å². The molecular formula is C14H28N2O. The molecule has 3 atom stereocenters. The van der Waals surface area contributed by atoms with Crippen molar-refractivity contribution in [2.24, 2.45) is 5.92 Å². The first-order valence-corrected chi connectivity index (χ1v) is 7.11. The lowest BCUT2D eigenvalue weighted by Gasteiger charge is -2.29. The molecule has 0 aromatic heterocycles. The van der Waals surface area contributed by atoms with E-state index in [0.29, 0.717) is 17.9 Å². The minimum atomic E-state index is 0.0176. The highest BCUT2D eigenvalue weighted by Crippen LogP contribution is 2.23. The van der Waals surface area contributed by atoms with E-state index in [1.54, 1.807) is 0 Å². The molecule has 0 aromatic carbocycles. The maximum atomic E-state index is 12.4. The summed E-state index contributed by atoms with van der Waals surface area (Å²) in [6.07, 6.45) is 4.75. The summed E-state index contributed by atoms with van der Waals surface area (Å²) in [4.78, 5) is 14.5. The molecule has 0 saturated carbocycles. The molecule has 1 aliphatic heterocycles. The van der Waals surface area contributed by atoms with Crippen LogP contribution in [0.15, 0.2) is 0 Å². The van der Waals surface area contributed by atoms with Gasteiger partial charge >= 0.3 is 0 Å². The number of amides is 1. The number of nitrogens with one attached hydrogen (secondary N) is 1. The van der Waals surface area contributed by atoms with Gasteiger partial charge in [0.05, 0.1) is 12.2 Å². The van der Waals surface area contributed by atoms with E-state index in [1.807, 2.05) is 0 Å². The fourth-order valence-corrected chi connectivity index (χ4v) is 2.63. The first-order valence-electron chi connectivity index (χ1n) is 7.11. The summed E-state index contributed by atoms with van der Waals surface area (Å²) in [5.74, 6) is 0.676. The lowest BCUT2D eigenvalue weighted by Crippen LogP contribution is -2.42. The van der Waals surface area contributed by atoms with Gasteiger partial charge in [-0.1, -0.05) is 40.5 Å². The average Bonchev–Trinajstić information content (AvgIpc) is 2.63. The Morgan fingerprint density at radius 1 is 1.29 bits per heavy atom. The fraction of sp³-hybridized carbons (Fsp3) is 0.929. The number of nitrogens with zero attached hydrogens (tertiary/aromatic N) is 1. The molecule has 0 radical (unpaired) electrons. The molecule has 1 aliphatic rings. The highest BCUT2D eigenvalue weighted by atomic mass is 16.2. The van der Waals surface area contributed by atoms with Gasteiger partial charge in [-0.2, -0.15) is 0 Å². The van der Waals surface area contributed by atoms with Crippen molar-refractivity contribution >= 4 is 5.91 Å². The predicted octanol–water partition coefficient (Wildman–Crippen LogP) is 2.76. The van der Waals surface area contributed by atoms with Gasteiger partial charge in [0.15, 0.2) is 0 Å². The van der Waals surface area contributed by atoms with E-state index in [4.69, 9.17) is 0 Å². The van der Waals surface area contributed by atoms with Gasteiger partial charge in [-0.15, -0.1) is 0 Å². The standard InChI is InChI=1S/C14H28N2O/c1-6-8-9-11(5)16-12(7-2)15-13(10(3)4)14(16)17/h10-13,15H,6-9H2,1-5H3. The van der Waals surface area contributed by atoms with E-state index in [2.05, 4.69) is 44.8 Å². The monoisotopic (exact) mass is 240 g/mol. The molecule has 0 bridgehead atoms. The lowest BCUT2D eigenvalue weighted by atomic mass is 10.0. The van der Waals surface area contributed by atoms with Crippen LogP contribution in [0.4, 0.5) is 0 Å². The molecule has 0 aliphatic carbocycles. The van der Waals surface area contributed by atoms with Gasteiger partial charge in [0, 0.05) is 6.04 Å². The molecule has 3 heteroatoms. The van der Waals surface area contributed by atoms with Gasteiger partial charge in [0.1, 0.15) is 0 Å². The van der Waals surface area contributed by atoms with Crippen molar-refractivity contribution in [1.29, 1.82) is 0 Å². The molecule has 1 heterocycles. The molecule has 17 heavy (non-hydrogen) atoms. The SMILES string of the molecule is CCCCC(C)N1C(=O)C(C(C)C)NC1CC. The molecule has 3 nitrogen and oxygen atoms in total. The zero-order chi connectivity index (χ0) is 13.0. The highest BCUT2D eigenvalue weighted by Gasteiger charge is 2.41. The summed E-state index contributed by atoms with van der Waals surface area (Å²) in [6, 6.07) is 0.382. The Balaban J connectivity index is 2.71. The minimum Gasteiger partial charge on any atom is -0.323 e.